The minimum absolute atomic E-state index is 0.245. The molecule has 1 atom stereocenters. The molecular formula is C25H21N3O2. The van der Waals surface area contributed by atoms with Gasteiger partial charge in [0.1, 0.15) is 11.4 Å². The zero-order valence-corrected chi connectivity index (χ0v) is 16.6. The molecule has 1 amide bonds. The van der Waals surface area contributed by atoms with Crippen molar-refractivity contribution in [3.8, 4) is 0 Å². The molecule has 0 spiro atoms. The molecule has 0 saturated carbocycles. The summed E-state index contributed by atoms with van der Waals surface area (Å²) in [7, 11) is 0. The maximum absolute atomic E-state index is 13.2. The van der Waals surface area contributed by atoms with Gasteiger partial charge in [0.25, 0.3) is 5.91 Å². The predicted octanol–water partition coefficient (Wildman–Crippen LogP) is 5.33. The molecule has 0 unspecified atom stereocenters. The zero-order valence-electron chi connectivity index (χ0n) is 16.6. The van der Waals surface area contributed by atoms with E-state index in [0.717, 1.165) is 33.4 Å². The van der Waals surface area contributed by atoms with Crippen LogP contribution in [0.3, 0.4) is 0 Å². The van der Waals surface area contributed by atoms with Gasteiger partial charge in [-0.15, -0.1) is 0 Å². The Hall–Kier alpha value is -3.86. The Morgan fingerprint density at radius 2 is 1.73 bits per heavy atom. The molecule has 0 aliphatic carbocycles. The van der Waals surface area contributed by atoms with Crippen LogP contribution in [0.5, 0.6) is 0 Å². The van der Waals surface area contributed by atoms with Gasteiger partial charge in [-0.1, -0.05) is 60.7 Å². The average molecular weight is 395 g/mol. The Morgan fingerprint density at radius 3 is 2.53 bits per heavy atom. The normalized spacial score (nSPS) is 12.3. The lowest BCUT2D eigenvalue weighted by molar-refractivity contribution is 0.0908. The second-order valence-corrected chi connectivity index (χ2v) is 7.41. The highest BCUT2D eigenvalue weighted by atomic mass is 16.3. The van der Waals surface area contributed by atoms with Gasteiger partial charge in [0.2, 0.25) is 0 Å². The highest BCUT2D eigenvalue weighted by Crippen LogP contribution is 2.26. The van der Waals surface area contributed by atoms with Crippen molar-refractivity contribution in [2.45, 2.75) is 19.4 Å². The molecule has 5 rings (SSSR count). The van der Waals surface area contributed by atoms with E-state index in [-0.39, 0.29) is 11.9 Å². The van der Waals surface area contributed by atoms with Crippen molar-refractivity contribution in [3.63, 3.8) is 0 Å². The van der Waals surface area contributed by atoms with Crippen LogP contribution in [0, 0.1) is 6.92 Å². The fourth-order valence-corrected chi connectivity index (χ4v) is 3.82. The topological polar surface area (TPSA) is 70.9 Å². The van der Waals surface area contributed by atoms with Crippen LogP contribution < -0.4 is 5.32 Å². The molecule has 5 heteroatoms. The molecule has 2 N–H and O–H groups in total. The van der Waals surface area contributed by atoms with E-state index in [1.54, 1.807) is 0 Å². The Bertz CT molecular complexity index is 1300. The number of benzene rings is 3. The lowest BCUT2D eigenvalue weighted by Gasteiger charge is -2.16. The fourth-order valence-electron chi connectivity index (χ4n) is 3.82. The molecule has 30 heavy (non-hydrogen) atoms. The van der Waals surface area contributed by atoms with Gasteiger partial charge in [-0.05, 0) is 37.1 Å². The number of aryl methyl sites for hydroxylation is 1. The zero-order chi connectivity index (χ0) is 20.5. The number of carbonyl (C=O) groups is 1. The Labute approximate surface area is 173 Å². The van der Waals surface area contributed by atoms with Crippen LogP contribution in [0.1, 0.15) is 33.5 Å². The van der Waals surface area contributed by atoms with E-state index in [4.69, 9.17) is 9.40 Å². The number of imidazole rings is 1. The second-order valence-electron chi connectivity index (χ2n) is 7.41. The molecule has 5 aromatic rings. The van der Waals surface area contributed by atoms with E-state index >= 15 is 0 Å². The van der Waals surface area contributed by atoms with Crippen molar-refractivity contribution >= 4 is 27.9 Å². The molecule has 5 nitrogen and oxygen atoms in total. The lowest BCUT2D eigenvalue weighted by Crippen LogP contribution is -2.31. The number of aromatic nitrogens is 2. The molecule has 0 aliphatic heterocycles. The summed E-state index contributed by atoms with van der Waals surface area (Å²) in [5.41, 5.74) is 4.48. The van der Waals surface area contributed by atoms with Gasteiger partial charge in [-0.3, -0.25) is 4.79 Å². The van der Waals surface area contributed by atoms with Crippen molar-refractivity contribution in [2.24, 2.45) is 0 Å². The first-order valence-corrected chi connectivity index (χ1v) is 9.96. The number of rotatable bonds is 5. The summed E-state index contributed by atoms with van der Waals surface area (Å²) < 4.78 is 5.86. The van der Waals surface area contributed by atoms with Crippen molar-refractivity contribution in [1.82, 2.24) is 15.3 Å². The standard InChI is InChI=1S/C25H21N3O2/c1-16-18-11-5-8-14-22(18)30-23(16)25(29)28-21(15-17-9-3-2-4-10-17)24-26-19-12-6-7-13-20(19)27-24/h2-14,21H,15H2,1H3,(H,26,27)(H,28,29)/t21-/m0/s1. The van der Waals surface area contributed by atoms with Gasteiger partial charge in [-0.2, -0.15) is 0 Å². The first-order chi connectivity index (χ1) is 14.7. The van der Waals surface area contributed by atoms with Crippen molar-refractivity contribution in [1.29, 1.82) is 0 Å². The largest absolute Gasteiger partial charge is 0.451 e. The molecule has 0 fully saturated rings. The Kier molecular flexibility index (Phi) is 4.56. The molecule has 2 aromatic heterocycles. The quantitative estimate of drug-likeness (QED) is 0.422. The van der Waals surface area contributed by atoms with E-state index in [2.05, 4.69) is 10.3 Å². The number of nitrogens with one attached hydrogen (secondary N) is 2. The summed E-state index contributed by atoms with van der Waals surface area (Å²) in [5.74, 6) is 0.817. The number of hydrogen-bond donors (Lipinski definition) is 2. The summed E-state index contributed by atoms with van der Waals surface area (Å²) in [6, 6.07) is 25.3. The number of furan rings is 1. The van der Waals surface area contributed by atoms with Gasteiger partial charge in [0, 0.05) is 10.9 Å². The van der Waals surface area contributed by atoms with Crippen molar-refractivity contribution < 1.29 is 9.21 Å². The maximum atomic E-state index is 13.2. The number of amides is 1. The highest BCUT2D eigenvalue weighted by Gasteiger charge is 2.24. The third-order valence-electron chi connectivity index (χ3n) is 5.38. The number of aromatic amines is 1. The Morgan fingerprint density at radius 1 is 1.00 bits per heavy atom. The summed E-state index contributed by atoms with van der Waals surface area (Å²) in [4.78, 5) is 21.3. The number of fused-ring (bicyclic) bond motifs is 2. The minimum Gasteiger partial charge on any atom is -0.451 e. The van der Waals surface area contributed by atoms with Gasteiger partial charge >= 0.3 is 0 Å². The monoisotopic (exact) mass is 395 g/mol. The van der Waals surface area contributed by atoms with Crippen LogP contribution >= 0.6 is 0 Å². The summed E-state index contributed by atoms with van der Waals surface area (Å²) in [6.07, 6.45) is 0.617. The third-order valence-corrected chi connectivity index (χ3v) is 5.38. The van der Waals surface area contributed by atoms with Gasteiger partial charge < -0.3 is 14.7 Å². The molecule has 148 valence electrons. The molecular weight excluding hydrogens is 374 g/mol. The summed E-state index contributed by atoms with van der Waals surface area (Å²) >= 11 is 0. The fraction of sp³-hybridized carbons (Fsp3) is 0.120. The van der Waals surface area contributed by atoms with Crippen molar-refractivity contribution in [2.75, 3.05) is 0 Å². The first kappa shape index (κ1) is 18.2. The third kappa shape index (κ3) is 3.35. The van der Waals surface area contributed by atoms with Crippen LogP contribution in [0.25, 0.3) is 22.0 Å². The summed E-state index contributed by atoms with van der Waals surface area (Å²) in [5, 5.41) is 4.08. The van der Waals surface area contributed by atoms with Gasteiger partial charge in [-0.25, -0.2) is 4.98 Å². The van der Waals surface area contributed by atoms with Crippen molar-refractivity contribution in [3.05, 3.63) is 102 Å². The highest BCUT2D eigenvalue weighted by molar-refractivity contribution is 5.99. The van der Waals surface area contributed by atoms with Crippen LogP contribution in [-0.4, -0.2) is 15.9 Å². The Balaban J connectivity index is 1.50. The number of nitrogens with zero attached hydrogens (tertiary/aromatic N) is 1. The molecule has 0 aliphatic rings. The SMILES string of the molecule is Cc1c(C(=O)N[C@@H](Cc2ccccc2)c2nc3ccccc3[nH]2)oc2ccccc12. The molecule has 0 bridgehead atoms. The van der Waals surface area contributed by atoms with Crippen LogP contribution in [-0.2, 0) is 6.42 Å². The molecule has 0 radical (unpaired) electrons. The van der Waals surface area contributed by atoms with Crippen LogP contribution in [0.4, 0.5) is 0 Å². The minimum atomic E-state index is -0.320. The number of H-pyrrole nitrogens is 1. The van der Waals surface area contributed by atoms with Gasteiger partial charge in [0.05, 0.1) is 17.1 Å². The predicted molar refractivity (Wildman–Crippen MR) is 117 cm³/mol. The number of hydrogen-bond acceptors (Lipinski definition) is 3. The maximum Gasteiger partial charge on any atom is 0.287 e. The van der Waals surface area contributed by atoms with E-state index < -0.39 is 0 Å². The van der Waals surface area contributed by atoms with E-state index in [1.165, 1.54) is 0 Å². The molecule has 0 saturated heterocycles. The number of para-hydroxylation sites is 3. The van der Waals surface area contributed by atoms with Crippen LogP contribution in [0.15, 0.2) is 83.3 Å². The second kappa shape index (κ2) is 7.52. The van der Waals surface area contributed by atoms with E-state index in [0.29, 0.717) is 17.8 Å². The number of carbonyl (C=O) groups excluding carboxylic acids is 1. The molecule has 2 heterocycles. The van der Waals surface area contributed by atoms with Gasteiger partial charge in [0.15, 0.2) is 5.76 Å². The lowest BCUT2D eigenvalue weighted by atomic mass is 10.0. The van der Waals surface area contributed by atoms with E-state index in [9.17, 15) is 4.79 Å². The molecule has 3 aromatic carbocycles. The summed E-state index contributed by atoms with van der Waals surface area (Å²) in [6.45, 7) is 1.91. The smallest absolute Gasteiger partial charge is 0.287 e. The average Bonchev–Trinajstić information content (AvgIpc) is 3.36. The van der Waals surface area contributed by atoms with E-state index in [1.807, 2.05) is 85.8 Å². The van der Waals surface area contributed by atoms with Crippen LogP contribution in [0.2, 0.25) is 0 Å². The first-order valence-electron chi connectivity index (χ1n) is 9.96.